The zero-order chi connectivity index (χ0) is 27.6. The molecule has 1 aliphatic heterocycles. The van der Waals surface area contributed by atoms with Crippen molar-refractivity contribution in [3.05, 3.63) is 119 Å². The highest BCUT2D eigenvalue weighted by atomic mass is 16.5. The third kappa shape index (κ3) is 5.90. The van der Waals surface area contributed by atoms with Gasteiger partial charge >= 0.3 is 0 Å². The Labute approximate surface area is 229 Å². The SMILES string of the molecule is Cc1ccc(NC(=O)c2ccc(COc3ccc4c(c3)[C@H](c3ccccc3)N(C(=O)C(C)(C)C)CC4)o2)cc1. The van der Waals surface area contributed by atoms with Gasteiger partial charge in [-0.25, -0.2) is 0 Å². The number of nitrogens with zero attached hydrogens (tertiary/aromatic N) is 1. The molecule has 3 aromatic carbocycles. The number of amides is 2. The molecule has 0 aliphatic carbocycles. The summed E-state index contributed by atoms with van der Waals surface area (Å²) in [4.78, 5) is 28.0. The van der Waals surface area contributed by atoms with E-state index in [1.807, 2.05) is 87.2 Å². The number of carbonyl (C=O) groups excluding carboxylic acids is 2. The van der Waals surface area contributed by atoms with E-state index in [9.17, 15) is 9.59 Å². The summed E-state index contributed by atoms with van der Waals surface area (Å²) in [7, 11) is 0. The number of benzene rings is 3. The number of carbonyl (C=O) groups is 2. The van der Waals surface area contributed by atoms with Crippen molar-refractivity contribution in [2.24, 2.45) is 5.41 Å². The van der Waals surface area contributed by atoms with E-state index < -0.39 is 5.41 Å². The van der Waals surface area contributed by atoms with Crippen LogP contribution in [0.5, 0.6) is 5.75 Å². The van der Waals surface area contributed by atoms with E-state index in [2.05, 4.69) is 23.5 Å². The van der Waals surface area contributed by atoms with Gasteiger partial charge < -0.3 is 19.4 Å². The largest absolute Gasteiger partial charge is 0.486 e. The number of ether oxygens (including phenoxy) is 1. The van der Waals surface area contributed by atoms with Crippen LogP contribution in [0.3, 0.4) is 0 Å². The third-order valence-electron chi connectivity index (χ3n) is 6.94. The van der Waals surface area contributed by atoms with Gasteiger partial charge in [0, 0.05) is 17.6 Å². The summed E-state index contributed by atoms with van der Waals surface area (Å²) in [5, 5.41) is 2.85. The standard InChI is InChI=1S/C33H34N2O4/c1-22-10-13-25(14-11-22)34-31(36)29-17-16-27(39-29)21-38-26-15-12-23-18-19-35(32(37)33(2,3)4)30(28(23)20-26)24-8-6-5-7-9-24/h5-17,20,30H,18-19,21H2,1-4H3,(H,34,36)/t30-/m0/s1. The highest BCUT2D eigenvalue weighted by molar-refractivity contribution is 6.02. The van der Waals surface area contributed by atoms with Gasteiger partial charge in [0.2, 0.25) is 5.91 Å². The van der Waals surface area contributed by atoms with Crippen LogP contribution in [0.25, 0.3) is 0 Å². The van der Waals surface area contributed by atoms with Crippen LogP contribution in [0, 0.1) is 12.3 Å². The first-order valence-electron chi connectivity index (χ1n) is 13.3. The number of anilines is 1. The Morgan fingerprint density at radius 1 is 0.974 bits per heavy atom. The van der Waals surface area contributed by atoms with E-state index in [1.165, 1.54) is 5.56 Å². The maximum absolute atomic E-state index is 13.4. The van der Waals surface area contributed by atoms with Crippen LogP contribution in [0.4, 0.5) is 5.69 Å². The van der Waals surface area contributed by atoms with Gasteiger partial charge in [0.15, 0.2) is 5.76 Å². The van der Waals surface area contributed by atoms with Crippen LogP contribution in [-0.2, 0) is 17.8 Å². The number of furan rings is 1. The average molecular weight is 523 g/mol. The van der Waals surface area contributed by atoms with Crippen molar-refractivity contribution < 1.29 is 18.7 Å². The highest BCUT2D eigenvalue weighted by Gasteiger charge is 2.37. The molecule has 1 N–H and O–H groups in total. The van der Waals surface area contributed by atoms with Gasteiger partial charge in [0.1, 0.15) is 18.1 Å². The molecular formula is C33H34N2O4. The Morgan fingerprint density at radius 3 is 2.44 bits per heavy atom. The molecule has 1 aliphatic rings. The molecule has 1 atom stereocenters. The summed E-state index contributed by atoms with van der Waals surface area (Å²) in [6.45, 7) is 8.73. The summed E-state index contributed by atoms with van der Waals surface area (Å²) >= 11 is 0. The van der Waals surface area contributed by atoms with Gasteiger partial charge in [-0.15, -0.1) is 0 Å². The molecule has 5 rings (SSSR count). The molecule has 0 saturated heterocycles. The van der Waals surface area contributed by atoms with Crippen LogP contribution in [-0.4, -0.2) is 23.3 Å². The van der Waals surface area contributed by atoms with Gasteiger partial charge in [-0.05, 0) is 66.4 Å². The van der Waals surface area contributed by atoms with E-state index in [0.29, 0.717) is 23.7 Å². The van der Waals surface area contributed by atoms with Crippen LogP contribution >= 0.6 is 0 Å². The fraction of sp³-hybridized carbons (Fsp3) is 0.273. The highest BCUT2D eigenvalue weighted by Crippen LogP contribution is 2.39. The second kappa shape index (κ2) is 10.8. The van der Waals surface area contributed by atoms with Crippen molar-refractivity contribution in [3.63, 3.8) is 0 Å². The topological polar surface area (TPSA) is 71.8 Å². The summed E-state index contributed by atoms with van der Waals surface area (Å²) in [5.41, 5.74) is 4.70. The van der Waals surface area contributed by atoms with E-state index in [4.69, 9.17) is 9.15 Å². The first kappa shape index (κ1) is 26.3. The van der Waals surface area contributed by atoms with E-state index in [1.54, 1.807) is 12.1 Å². The van der Waals surface area contributed by atoms with Crippen LogP contribution in [0.2, 0.25) is 0 Å². The van der Waals surface area contributed by atoms with Gasteiger partial charge in [-0.3, -0.25) is 9.59 Å². The van der Waals surface area contributed by atoms with Crippen LogP contribution in [0.15, 0.2) is 89.3 Å². The minimum absolute atomic E-state index is 0.125. The second-order valence-electron chi connectivity index (χ2n) is 11.0. The van der Waals surface area contributed by atoms with Crippen molar-refractivity contribution in [2.45, 2.75) is 46.8 Å². The fourth-order valence-electron chi connectivity index (χ4n) is 4.89. The van der Waals surface area contributed by atoms with Gasteiger partial charge in [-0.2, -0.15) is 0 Å². The predicted molar refractivity (Wildman–Crippen MR) is 152 cm³/mol. The lowest BCUT2D eigenvalue weighted by atomic mass is 9.85. The fourth-order valence-corrected chi connectivity index (χ4v) is 4.89. The van der Waals surface area contributed by atoms with Gasteiger partial charge in [0.05, 0.1) is 6.04 Å². The van der Waals surface area contributed by atoms with Crippen molar-refractivity contribution in [1.29, 1.82) is 0 Å². The maximum Gasteiger partial charge on any atom is 0.291 e. The predicted octanol–water partition coefficient (Wildman–Crippen LogP) is 6.94. The number of aryl methyl sites for hydroxylation is 1. The Bertz CT molecular complexity index is 1470. The number of fused-ring (bicyclic) bond motifs is 1. The molecule has 0 fully saturated rings. The lowest BCUT2D eigenvalue weighted by Gasteiger charge is -2.41. The molecule has 0 radical (unpaired) electrons. The smallest absolute Gasteiger partial charge is 0.291 e. The molecule has 0 unspecified atom stereocenters. The molecule has 2 amide bonds. The quantitative estimate of drug-likeness (QED) is 0.298. The summed E-state index contributed by atoms with van der Waals surface area (Å²) in [6.07, 6.45) is 0.790. The van der Waals surface area contributed by atoms with Crippen LogP contribution in [0.1, 0.15) is 65.4 Å². The minimum Gasteiger partial charge on any atom is -0.486 e. The van der Waals surface area contributed by atoms with Gasteiger partial charge in [-0.1, -0.05) is 74.9 Å². The average Bonchev–Trinajstić information content (AvgIpc) is 3.41. The Balaban J connectivity index is 1.33. The monoisotopic (exact) mass is 522 g/mol. The minimum atomic E-state index is -0.485. The lowest BCUT2D eigenvalue weighted by molar-refractivity contribution is -0.141. The molecule has 1 aromatic heterocycles. The molecule has 4 aromatic rings. The molecule has 200 valence electrons. The molecule has 0 saturated carbocycles. The first-order valence-corrected chi connectivity index (χ1v) is 13.3. The number of hydrogen-bond acceptors (Lipinski definition) is 4. The Kier molecular flexibility index (Phi) is 7.29. The Morgan fingerprint density at radius 2 is 1.72 bits per heavy atom. The van der Waals surface area contributed by atoms with Crippen molar-refractivity contribution in [2.75, 3.05) is 11.9 Å². The lowest BCUT2D eigenvalue weighted by Crippen LogP contribution is -2.45. The van der Waals surface area contributed by atoms with E-state index in [-0.39, 0.29) is 30.2 Å². The van der Waals surface area contributed by atoms with Crippen molar-refractivity contribution >= 4 is 17.5 Å². The molecule has 6 heteroatoms. The molecule has 0 spiro atoms. The Hall–Kier alpha value is -4.32. The molecule has 2 heterocycles. The van der Waals surface area contributed by atoms with E-state index >= 15 is 0 Å². The second-order valence-corrected chi connectivity index (χ2v) is 11.0. The van der Waals surface area contributed by atoms with Crippen molar-refractivity contribution in [3.8, 4) is 5.75 Å². The maximum atomic E-state index is 13.4. The summed E-state index contributed by atoms with van der Waals surface area (Å²) in [5.74, 6) is 1.27. The first-order chi connectivity index (χ1) is 18.7. The van der Waals surface area contributed by atoms with Crippen molar-refractivity contribution in [1.82, 2.24) is 4.90 Å². The number of rotatable bonds is 6. The number of nitrogens with one attached hydrogen (secondary N) is 1. The zero-order valence-electron chi connectivity index (χ0n) is 22.9. The van der Waals surface area contributed by atoms with Gasteiger partial charge in [0.25, 0.3) is 5.91 Å². The summed E-state index contributed by atoms with van der Waals surface area (Å²) < 4.78 is 11.9. The molecule has 0 bridgehead atoms. The normalized spacial score (nSPS) is 15.0. The molecule has 6 nitrogen and oxygen atoms in total. The third-order valence-corrected chi connectivity index (χ3v) is 6.94. The van der Waals surface area contributed by atoms with Crippen LogP contribution < -0.4 is 10.1 Å². The van der Waals surface area contributed by atoms with E-state index in [0.717, 1.165) is 23.1 Å². The zero-order valence-corrected chi connectivity index (χ0v) is 22.9. The molecular weight excluding hydrogens is 488 g/mol. The summed E-state index contributed by atoms with van der Waals surface area (Å²) in [6, 6.07) is 27.0. The molecule has 39 heavy (non-hydrogen) atoms. The number of hydrogen-bond donors (Lipinski definition) is 1.